The third-order valence-corrected chi connectivity index (χ3v) is 2.96. The predicted molar refractivity (Wildman–Crippen MR) is 71.2 cm³/mol. The van der Waals surface area contributed by atoms with Crippen molar-refractivity contribution in [3.05, 3.63) is 23.2 Å². The number of nitrogens with two attached hydrogens (primary N) is 1. The number of rotatable bonds is 3. The SMILES string of the molecule is COc1c(Cl)ccc(-c2cc(N)n(C)n2)c1OC. The van der Waals surface area contributed by atoms with Crippen molar-refractivity contribution in [2.45, 2.75) is 0 Å². The Labute approximate surface area is 110 Å². The maximum atomic E-state index is 6.05. The second kappa shape index (κ2) is 4.78. The van der Waals surface area contributed by atoms with Crippen molar-refractivity contribution >= 4 is 17.4 Å². The molecule has 2 rings (SSSR count). The highest BCUT2D eigenvalue weighted by atomic mass is 35.5. The molecular formula is C12H14ClN3O2. The molecule has 1 heterocycles. The Kier molecular flexibility index (Phi) is 3.34. The highest BCUT2D eigenvalue weighted by Gasteiger charge is 2.17. The Bertz CT molecular complexity index is 561. The van der Waals surface area contributed by atoms with Gasteiger partial charge in [-0.25, -0.2) is 0 Å². The van der Waals surface area contributed by atoms with Crippen LogP contribution in [0.15, 0.2) is 18.2 Å². The summed E-state index contributed by atoms with van der Waals surface area (Å²) in [5, 5.41) is 4.80. The number of anilines is 1. The second-order valence-electron chi connectivity index (χ2n) is 3.74. The third kappa shape index (κ3) is 1.97. The first-order chi connectivity index (χ1) is 8.58. The van der Waals surface area contributed by atoms with Gasteiger partial charge in [0, 0.05) is 18.7 Å². The molecule has 0 saturated carbocycles. The highest BCUT2D eigenvalue weighted by Crippen LogP contribution is 2.42. The van der Waals surface area contributed by atoms with E-state index in [-0.39, 0.29) is 0 Å². The van der Waals surface area contributed by atoms with Gasteiger partial charge < -0.3 is 15.2 Å². The van der Waals surface area contributed by atoms with Gasteiger partial charge in [-0.1, -0.05) is 11.6 Å². The molecule has 18 heavy (non-hydrogen) atoms. The molecule has 0 radical (unpaired) electrons. The van der Waals surface area contributed by atoms with Crippen LogP contribution in [0.2, 0.25) is 5.02 Å². The predicted octanol–water partition coefficient (Wildman–Crippen LogP) is 2.34. The first-order valence-electron chi connectivity index (χ1n) is 5.28. The number of ether oxygens (including phenoxy) is 2. The quantitative estimate of drug-likeness (QED) is 0.927. The average molecular weight is 268 g/mol. The smallest absolute Gasteiger partial charge is 0.180 e. The fourth-order valence-electron chi connectivity index (χ4n) is 1.75. The number of aryl methyl sites for hydroxylation is 1. The standard InChI is InChI=1S/C12H14ClN3O2/c1-16-10(14)6-9(15-16)7-4-5-8(13)12(18-3)11(7)17-2/h4-6H,14H2,1-3H3. The van der Waals surface area contributed by atoms with Gasteiger partial charge in [-0.15, -0.1) is 0 Å². The summed E-state index contributed by atoms with van der Waals surface area (Å²) < 4.78 is 12.2. The van der Waals surface area contributed by atoms with E-state index < -0.39 is 0 Å². The number of methoxy groups -OCH3 is 2. The van der Waals surface area contributed by atoms with Crippen LogP contribution in [0.5, 0.6) is 11.5 Å². The molecule has 0 saturated heterocycles. The minimum Gasteiger partial charge on any atom is -0.492 e. The Morgan fingerprint density at radius 1 is 1.22 bits per heavy atom. The van der Waals surface area contributed by atoms with Gasteiger partial charge in [0.1, 0.15) is 5.82 Å². The number of hydrogen-bond acceptors (Lipinski definition) is 4. The van der Waals surface area contributed by atoms with E-state index in [4.69, 9.17) is 26.8 Å². The molecule has 2 N–H and O–H groups in total. The lowest BCUT2D eigenvalue weighted by Gasteiger charge is -2.12. The molecule has 6 heteroatoms. The molecule has 1 aromatic heterocycles. The summed E-state index contributed by atoms with van der Waals surface area (Å²) in [5.41, 5.74) is 7.27. The number of hydrogen-bond donors (Lipinski definition) is 1. The molecular weight excluding hydrogens is 254 g/mol. The van der Waals surface area contributed by atoms with E-state index in [9.17, 15) is 0 Å². The van der Waals surface area contributed by atoms with Gasteiger partial charge in [-0.2, -0.15) is 5.10 Å². The average Bonchev–Trinajstić information content (AvgIpc) is 2.68. The van der Waals surface area contributed by atoms with E-state index >= 15 is 0 Å². The van der Waals surface area contributed by atoms with E-state index in [0.717, 1.165) is 5.56 Å². The minimum absolute atomic E-state index is 0.487. The summed E-state index contributed by atoms with van der Waals surface area (Å²) >= 11 is 6.05. The second-order valence-corrected chi connectivity index (χ2v) is 4.15. The first-order valence-corrected chi connectivity index (χ1v) is 5.66. The van der Waals surface area contributed by atoms with Gasteiger partial charge >= 0.3 is 0 Å². The number of nitrogen functional groups attached to an aromatic ring is 1. The molecule has 2 aromatic rings. The van der Waals surface area contributed by atoms with Gasteiger partial charge in [0.15, 0.2) is 11.5 Å². The molecule has 0 atom stereocenters. The summed E-state index contributed by atoms with van der Waals surface area (Å²) in [7, 11) is 4.88. The fourth-order valence-corrected chi connectivity index (χ4v) is 1.97. The summed E-state index contributed by atoms with van der Waals surface area (Å²) in [5.74, 6) is 1.60. The van der Waals surface area contributed by atoms with E-state index in [2.05, 4.69) is 5.10 Å². The highest BCUT2D eigenvalue weighted by molar-refractivity contribution is 6.32. The third-order valence-electron chi connectivity index (χ3n) is 2.66. The van der Waals surface area contributed by atoms with Crippen LogP contribution in [0.4, 0.5) is 5.82 Å². The normalized spacial score (nSPS) is 10.4. The molecule has 0 fully saturated rings. The molecule has 5 nitrogen and oxygen atoms in total. The van der Waals surface area contributed by atoms with Crippen LogP contribution < -0.4 is 15.2 Å². The summed E-state index contributed by atoms with van der Waals surface area (Å²) in [6.07, 6.45) is 0. The number of halogens is 1. The van der Waals surface area contributed by atoms with Crippen LogP contribution >= 0.6 is 11.6 Å². The lowest BCUT2D eigenvalue weighted by molar-refractivity contribution is 0.356. The summed E-state index contributed by atoms with van der Waals surface area (Å²) in [6.45, 7) is 0. The number of nitrogens with zero attached hydrogens (tertiary/aromatic N) is 2. The first kappa shape index (κ1) is 12.6. The molecule has 0 bridgehead atoms. The molecule has 1 aromatic carbocycles. The van der Waals surface area contributed by atoms with Gasteiger partial charge in [-0.05, 0) is 12.1 Å². The van der Waals surface area contributed by atoms with Gasteiger partial charge in [-0.3, -0.25) is 4.68 Å². The van der Waals surface area contributed by atoms with Crippen LogP contribution in [0.3, 0.4) is 0 Å². The molecule has 0 aliphatic carbocycles. The Balaban J connectivity index is 2.64. The van der Waals surface area contributed by atoms with Crippen LogP contribution in [-0.4, -0.2) is 24.0 Å². The fraction of sp³-hybridized carbons (Fsp3) is 0.250. The van der Waals surface area contributed by atoms with Gasteiger partial charge in [0.05, 0.1) is 24.9 Å². The van der Waals surface area contributed by atoms with Crippen molar-refractivity contribution in [1.29, 1.82) is 0 Å². The van der Waals surface area contributed by atoms with Crippen molar-refractivity contribution in [3.63, 3.8) is 0 Å². The minimum atomic E-state index is 0.487. The molecule has 0 aliphatic heterocycles. The molecule has 0 amide bonds. The molecule has 0 unspecified atom stereocenters. The van der Waals surface area contributed by atoms with E-state index in [0.29, 0.717) is 28.0 Å². The number of aromatic nitrogens is 2. The molecule has 0 spiro atoms. The molecule has 96 valence electrons. The lowest BCUT2D eigenvalue weighted by atomic mass is 10.1. The van der Waals surface area contributed by atoms with Gasteiger partial charge in [0.25, 0.3) is 0 Å². The van der Waals surface area contributed by atoms with Gasteiger partial charge in [0.2, 0.25) is 0 Å². The van der Waals surface area contributed by atoms with E-state index in [1.807, 2.05) is 6.07 Å². The van der Waals surface area contributed by atoms with Crippen molar-refractivity contribution in [2.24, 2.45) is 7.05 Å². The van der Waals surface area contributed by atoms with Crippen LogP contribution in [0, 0.1) is 0 Å². The summed E-state index contributed by atoms with van der Waals surface area (Å²) in [6, 6.07) is 5.33. The Hall–Kier alpha value is -1.88. The van der Waals surface area contributed by atoms with Crippen LogP contribution in [-0.2, 0) is 7.05 Å². The topological polar surface area (TPSA) is 62.3 Å². The van der Waals surface area contributed by atoms with E-state index in [1.165, 1.54) is 0 Å². The van der Waals surface area contributed by atoms with Crippen LogP contribution in [0.25, 0.3) is 11.3 Å². The van der Waals surface area contributed by atoms with E-state index in [1.54, 1.807) is 38.1 Å². The van der Waals surface area contributed by atoms with Crippen molar-refractivity contribution in [1.82, 2.24) is 9.78 Å². The Morgan fingerprint density at radius 2 is 1.89 bits per heavy atom. The molecule has 0 aliphatic rings. The lowest BCUT2D eigenvalue weighted by Crippen LogP contribution is -1.97. The van der Waals surface area contributed by atoms with Crippen molar-refractivity contribution in [2.75, 3.05) is 20.0 Å². The van der Waals surface area contributed by atoms with Crippen molar-refractivity contribution in [3.8, 4) is 22.8 Å². The van der Waals surface area contributed by atoms with Crippen LogP contribution in [0.1, 0.15) is 0 Å². The number of benzene rings is 1. The zero-order valence-corrected chi connectivity index (χ0v) is 11.2. The monoisotopic (exact) mass is 267 g/mol. The van der Waals surface area contributed by atoms with Crippen molar-refractivity contribution < 1.29 is 9.47 Å². The Morgan fingerprint density at radius 3 is 2.39 bits per heavy atom. The summed E-state index contributed by atoms with van der Waals surface area (Å²) in [4.78, 5) is 0. The maximum Gasteiger partial charge on any atom is 0.180 e. The maximum absolute atomic E-state index is 6.05. The zero-order chi connectivity index (χ0) is 13.3. The largest absolute Gasteiger partial charge is 0.492 e. The zero-order valence-electron chi connectivity index (χ0n) is 10.4.